The maximum absolute atomic E-state index is 11.2. The summed E-state index contributed by atoms with van der Waals surface area (Å²) in [6, 6.07) is 4.48. The molecule has 1 aromatic rings. The molecule has 1 aromatic carbocycles. The molecule has 0 aliphatic rings. The van der Waals surface area contributed by atoms with E-state index in [-0.39, 0.29) is 17.0 Å². The van der Waals surface area contributed by atoms with Crippen molar-refractivity contribution in [1.29, 1.82) is 0 Å². The van der Waals surface area contributed by atoms with Crippen molar-refractivity contribution in [2.24, 2.45) is 0 Å². The van der Waals surface area contributed by atoms with Crippen molar-refractivity contribution in [2.75, 3.05) is 0 Å². The van der Waals surface area contributed by atoms with Crippen LogP contribution in [0.15, 0.2) is 30.9 Å². The average Bonchev–Trinajstić information content (AvgIpc) is 2.30. The molecular formula is C13H14O4. The van der Waals surface area contributed by atoms with Crippen molar-refractivity contribution in [3.05, 3.63) is 47.5 Å². The summed E-state index contributed by atoms with van der Waals surface area (Å²) in [5.41, 5.74) is 0.164. The normalized spacial score (nSPS) is 11.8. The van der Waals surface area contributed by atoms with Gasteiger partial charge in [0.2, 0.25) is 0 Å². The molecule has 0 heterocycles. The zero-order valence-corrected chi connectivity index (χ0v) is 9.51. The van der Waals surface area contributed by atoms with Crippen molar-refractivity contribution in [2.45, 2.75) is 19.3 Å². The van der Waals surface area contributed by atoms with Crippen LogP contribution in [0.5, 0.6) is 0 Å². The van der Waals surface area contributed by atoms with Crippen molar-refractivity contribution >= 4 is 11.9 Å². The topological polar surface area (TPSA) is 74.6 Å². The number of hydrogen-bond donors (Lipinski definition) is 2. The minimum Gasteiger partial charge on any atom is -0.478 e. The Morgan fingerprint density at radius 1 is 1.35 bits per heavy atom. The highest BCUT2D eigenvalue weighted by Gasteiger charge is 2.22. The lowest BCUT2D eigenvalue weighted by Crippen LogP contribution is -2.13. The lowest BCUT2D eigenvalue weighted by Gasteiger charge is -2.14. The number of carbonyl (C=O) groups is 2. The van der Waals surface area contributed by atoms with Gasteiger partial charge in [0.25, 0.3) is 0 Å². The molecular weight excluding hydrogens is 220 g/mol. The van der Waals surface area contributed by atoms with Gasteiger partial charge < -0.3 is 10.2 Å². The minimum atomic E-state index is -1.23. The zero-order valence-electron chi connectivity index (χ0n) is 9.51. The molecule has 0 aromatic heterocycles. The van der Waals surface area contributed by atoms with Crippen LogP contribution in [0.1, 0.15) is 45.5 Å². The van der Waals surface area contributed by atoms with Gasteiger partial charge in [0.1, 0.15) is 0 Å². The number of hydrogen-bond acceptors (Lipinski definition) is 2. The number of carboxylic acids is 2. The van der Waals surface area contributed by atoms with Crippen LogP contribution in [0.2, 0.25) is 0 Å². The summed E-state index contributed by atoms with van der Waals surface area (Å²) in [4.78, 5) is 22.2. The van der Waals surface area contributed by atoms with Crippen LogP contribution < -0.4 is 0 Å². The molecule has 0 spiro atoms. The van der Waals surface area contributed by atoms with Gasteiger partial charge in [0, 0.05) is 5.92 Å². The molecule has 0 aliphatic carbocycles. The molecule has 0 fully saturated rings. The average molecular weight is 234 g/mol. The fraction of sp³-hybridized carbons (Fsp3) is 0.231. The minimum absolute atomic E-state index is 0.147. The van der Waals surface area contributed by atoms with Gasteiger partial charge in [0.05, 0.1) is 11.1 Å². The maximum atomic E-state index is 11.2. The quantitative estimate of drug-likeness (QED) is 0.768. The first-order valence-electron chi connectivity index (χ1n) is 5.25. The van der Waals surface area contributed by atoms with Gasteiger partial charge in [-0.25, -0.2) is 9.59 Å². The maximum Gasteiger partial charge on any atom is 0.336 e. The molecule has 1 atom stereocenters. The highest BCUT2D eigenvalue weighted by atomic mass is 16.4. The Morgan fingerprint density at radius 3 is 2.41 bits per heavy atom. The summed E-state index contributed by atoms with van der Waals surface area (Å²) in [7, 11) is 0. The molecule has 1 rings (SSSR count). The number of carboxylic acid groups (broad SMARTS) is 2. The van der Waals surface area contributed by atoms with E-state index in [0.29, 0.717) is 12.0 Å². The van der Waals surface area contributed by atoms with E-state index in [4.69, 9.17) is 10.2 Å². The smallest absolute Gasteiger partial charge is 0.336 e. The first-order valence-corrected chi connectivity index (χ1v) is 5.25. The lowest BCUT2D eigenvalue weighted by atomic mass is 9.89. The molecule has 0 aliphatic heterocycles. The third kappa shape index (κ3) is 2.53. The molecule has 0 bridgehead atoms. The van der Waals surface area contributed by atoms with E-state index in [1.165, 1.54) is 6.07 Å². The molecule has 0 radical (unpaired) electrons. The third-order valence-corrected chi connectivity index (χ3v) is 2.66. The van der Waals surface area contributed by atoms with Crippen LogP contribution >= 0.6 is 0 Å². The van der Waals surface area contributed by atoms with E-state index in [2.05, 4.69) is 6.58 Å². The van der Waals surface area contributed by atoms with Gasteiger partial charge in [0.15, 0.2) is 0 Å². The summed E-state index contributed by atoms with van der Waals surface area (Å²) < 4.78 is 0. The Morgan fingerprint density at radius 2 is 2.00 bits per heavy atom. The second-order valence-corrected chi connectivity index (χ2v) is 3.63. The fourth-order valence-corrected chi connectivity index (χ4v) is 1.81. The molecule has 4 nitrogen and oxygen atoms in total. The van der Waals surface area contributed by atoms with Gasteiger partial charge in [-0.1, -0.05) is 25.1 Å². The first-order chi connectivity index (χ1) is 8.02. The number of benzene rings is 1. The molecule has 1 unspecified atom stereocenters. The van der Waals surface area contributed by atoms with Crippen molar-refractivity contribution in [1.82, 2.24) is 0 Å². The van der Waals surface area contributed by atoms with Crippen LogP contribution in [-0.2, 0) is 0 Å². The summed E-state index contributed by atoms with van der Waals surface area (Å²) in [5.74, 6) is -2.61. The Kier molecular flexibility index (Phi) is 4.04. The predicted octanol–water partition coefficient (Wildman–Crippen LogP) is 2.76. The second kappa shape index (κ2) is 5.30. The first kappa shape index (κ1) is 13.0. The van der Waals surface area contributed by atoms with E-state index < -0.39 is 11.9 Å². The summed E-state index contributed by atoms with van der Waals surface area (Å²) in [6.45, 7) is 5.54. The fourth-order valence-electron chi connectivity index (χ4n) is 1.81. The van der Waals surface area contributed by atoms with Crippen LogP contribution in [0, 0.1) is 0 Å². The van der Waals surface area contributed by atoms with E-state index in [1.54, 1.807) is 18.2 Å². The summed E-state index contributed by atoms with van der Waals surface area (Å²) >= 11 is 0. The monoisotopic (exact) mass is 234 g/mol. The van der Waals surface area contributed by atoms with E-state index >= 15 is 0 Å². The van der Waals surface area contributed by atoms with E-state index in [1.807, 2.05) is 6.92 Å². The molecule has 0 amide bonds. The SMILES string of the molecule is C=CC(CC)c1cccc(C(=O)O)c1C(=O)O. The molecule has 0 saturated carbocycles. The molecule has 2 N–H and O–H groups in total. The molecule has 90 valence electrons. The van der Waals surface area contributed by atoms with E-state index in [0.717, 1.165) is 0 Å². The Hall–Kier alpha value is -2.10. The van der Waals surface area contributed by atoms with Gasteiger partial charge >= 0.3 is 11.9 Å². The molecule has 4 heteroatoms. The van der Waals surface area contributed by atoms with Crippen LogP contribution in [-0.4, -0.2) is 22.2 Å². The molecule has 17 heavy (non-hydrogen) atoms. The Labute approximate surface area is 99.2 Å². The van der Waals surface area contributed by atoms with Gasteiger partial charge in [-0.15, -0.1) is 6.58 Å². The number of aromatic carboxylic acids is 2. The third-order valence-electron chi connectivity index (χ3n) is 2.66. The van der Waals surface area contributed by atoms with Gasteiger partial charge in [-0.2, -0.15) is 0 Å². The zero-order chi connectivity index (χ0) is 13.0. The summed E-state index contributed by atoms with van der Waals surface area (Å²) in [6.07, 6.45) is 2.31. The van der Waals surface area contributed by atoms with Crippen LogP contribution in [0.4, 0.5) is 0 Å². The standard InChI is InChI=1S/C13H14O4/c1-3-8(4-2)9-6-5-7-10(12(14)15)11(9)13(16)17/h3,5-8H,1,4H2,2H3,(H,14,15)(H,16,17). The lowest BCUT2D eigenvalue weighted by molar-refractivity contribution is 0.0650. The van der Waals surface area contributed by atoms with Crippen molar-refractivity contribution in [3.8, 4) is 0 Å². The second-order valence-electron chi connectivity index (χ2n) is 3.63. The van der Waals surface area contributed by atoms with Crippen LogP contribution in [0.25, 0.3) is 0 Å². The van der Waals surface area contributed by atoms with Crippen molar-refractivity contribution in [3.63, 3.8) is 0 Å². The predicted molar refractivity (Wildman–Crippen MR) is 63.6 cm³/mol. The number of allylic oxidation sites excluding steroid dienone is 1. The Balaban J connectivity index is 3.49. The highest BCUT2D eigenvalue weighted by molar-refractivity contribution is 6.02. The summed E-state index contributed by atoms with van der Waals surface area (Å²) in [5, 5.41) is 18.1. The molecule has 0 saturated heterocycles. The number of rotatable bonds is 5. The Bertz CT molecular complexity index is 462. The van der Waals surface area contributed by atoms with Gasteiger partial charge in [-0.05, 0) is 18.1 Å². The highest BCUT2D eigenvalue weighted by Crippen LogP contribution is 2.26. The van der Waals surface area contributed by atoms with E-state index in [9.17, 15) is 9.59 Å². The van der Waals surface area contributed by atoms with Crippen molar-refractivity contribution < 1.29 is 19.8 Å². The largest absolute Gasteiger partial charge is 0.478 e. The van der Waals surface area contributed by atoms with Crippen LogP contribution in [0.3, 0.4) is 0 Å². The van der Waals surface area contributed by atoms with Gasteiger partial charge in [-0.3, -0.25) is 0 Å².